The van der Waals surface area contributed by atoms with Gasteiger partial charge in [0.05, 0.1) is 28.0 Å². The van der Waals surface area contributed by atoms with Crippen molar-refractivity contribution >= 4 is 27.0 Å². The van der Waals surface area contributed by atoms with E-state index >= 15 is 0 Å². The van der Waals surface area contributed by atoms with Gasteiger partial charge >= 0.3 is 6.18 Å². The molecule has 178 valence electrons. The molecule has 0 aliphatic rings. The van der Waals surface area contributed by atoms with Crippen LogP contribution in [0.2, 0.25) is 0 Å². The van der Waals surface area contributed by atoms with E-state index in [9.17, 15) is 26.0 Å². The maximum absolute atomic E-state index is 14.2. The first-order valence-electron chi connectivity index (χ1n) is 10.3. The molecule has 3 aromatic carbocycles. The number of hydrogen-bond donors (Lipinski definition) is 0. The normalized spacial score (nSPS) is 12.3. The molecule has 0 unspecified atom stereocenters. The Morgan fingerprint density at radius 3 is 2.24 bits per heavy atom. The number of fused-ring (bicyclic) bond motifs is 1. The second-order valence-electron chi connectivity index (χ2n) is 8.03. The van der Waals surface area contributed by atoms with Crippen LogP contribution in [0.4, 0.5) is 23.5 Å². The Hall–Kier alpha value is -3.40. The van der Waals surface area contributed by atoms with E-state index in [0.717, 1.165) is 21.5 Å². The van der Waals surface area contributed by atoms with Crippen LogP contribution >= 0.6 is 0 Å². The lowest BCUT2D eigenvalue weighted by atomic mass is 10.1. The van der Waals surface area contributed by atoms with E-state index in [1.165, 1.54) is 12.1 Å². The average Bonchev–Trinajstić information content (AvgIpc) is 3.07. The predicted octanol–water partition coefficient (Wildman–Crippen LogP) is 5.74. The minimum Gasteiger partial charge on any atom is -0.312 e. The van der Waals surface area contributed by atoms with E-state index in [0.29, 0.717) is 23.2 Å². The van der Waals surface area contributed by atoms with Crippen LogP contribution < -0.4 is 4.31 Å². The van der Waals surface area contributed by atoms with Gasteiger partial charge in [0.2, 0.25) is 5.95 Å². The van der Waals surface area contributed by atoms with Crippen LogP contribution in [0.15, 0.2) is 65.6 Å². The van der Waals surface area contributed by atoms with E-state index in [2.05, 4.69) is 4.98 Å². The lowest BCUT2D eigenvalue weighted by Gasteiger charge is -2.24. The highest BCUT2D eigenvalue weighted by Gasteiger charge is 2.35. The van der Waals surface area contributed by atoms with Crippen LogP contribution in [-0.2, 0) is 29.8 Å². The predicted molar refractivity (Wildman–Crippen MR) is 121 cm³/mol. The minimum atomic E-state index is -4.86. The van der Waals surface area contributed by atoms with Crippen molar-refractivity contribution in [3.63, 3.8) is 0 Å². The Morgan fingerprint density at radius 2 is 1.62 bits per heavy atom. The van der Waals surface area contributed by atoms with Crippen LogP contribution in [0.3, 0.4) is 0 Å². The van der Waals surface area contributed by atoms with Crippen LogP contribution in [0, 0.1) is 19.7 Å². The molecule has 1 heterocycles. The lowest BCUT2D eigenvalue weighted by molar-refractivity contribution is -0.140. The molecule has 0 atom stereocenters. The van der Waals surface area contributed by atoms with Gasteiger partial charge in [0.15, 0.2) is 0 Å². The first-order chi connectivity index (χ1) is 15.9. The van der Waals surface area contributed by atoms with Gasteiger partial charge in [-0.15, -0.1) is 0 Å². The van der Waals surface area contributed by atoms with Crippen molar-refractivity contribution in [1.82, 2.24) is 9.55 Å². The Balaban J connectivity index is 1.88. The highest BCUT2D eigenvalue weighted by atomic mass is 32.2. The van der Waals surface area contributed by atoms with Gasteiger partial charge in [-0.2, -0.15) is 13.2 Å². The largest absolute Gasteiger partial charge is 0.419 e. The van der Waals surface area contributed by atoms with Crippen LogP contribution in [0.25, 0.3) is 11.0 Å². The molecule has 34 heavy (non-hydrogen) atoms. The topological polar surface area (TPSA) is 55.2 Å². The third-order valence-corrected chi connectivity index (χ3v) is 7.43. The van der Waals surface area contributed by atoms with Gasteiger partial charge in [0.25, 0.3) is 10.0 Å². The smallest absolute Gasteiger partial charge is 0.312 e. The van der Waals surface area contributed by atoms with E-state index in [4.69, 9.17) is 0 Å². The second kappa shape index (κ2) is 8.43. The summed E-state index contributed by atoms with van der Waals surface area (Å²) in [6, 6.07) is 13.7. The Morgan fingerprint density at radius 1 is 0.971 bits per heavy atom. The van der Waals surface area contributed by atoms with Gasteiger partial charge in [-0.25, -0.2) is 22.1 Å². The quantitative estimate of drug-likeness (QED) is 0.335. The van der Waals surface area contributed by atoms with E-state index in [1.807, 2.05) is 26.0 Å². The molecule has 0 saturated carbocycles. The van der Waals surface area contributed by atoms with Gasteiger partial charge in [-0.1, -0.05) is 24.3 Å². The van der Waals surface area contributed by atoms with Crippen molar-refractivity contribution in [1.29, 1.82) is 0 Å². The second-order valence-corrected chi connectivity index (χ2v) is 9.90. The number of halogens is 4. The Kier molecular flexibility index (Phi) is 5.89. The number of anilines is 1. The van der Waals surface area contributed by atoms with Crippen molar-refractivity contribution in [2.45, 2.75) is 31.5 Å². The fourth-order valence-electron chi connectivity index (χ4n) is 3.69. The van der Waals surface area contributed by atoms with Gasteiger partial charge < -0.3 is 4.57 Å². The number of rotatable bonds is 5. The molecule has 0 saturated heterocycles. The molecule has 0 fully saturated rings. The van der Waals surface area contributed by atoms with Crippen LogP contribution in [-0.4, -0.2) is 18.0 Å². The fourth-order valence-corrected chi connectivity index (χ4v) is 5.15. The van der Waals surface area contributed by atoms with Crippen molar-refractivity contribution in [3.8, 4) is 0 Å². The molecule has 0 bridgehead atoms. The maximum Gasteiger partial charge on any atom is 0.419 e. The number of benzene rings is 3. The highest BCUT2D eigenvalue weighted by molar-refractivity contribution is 7.92. The fraction of sp³-hybridized carbons (Fsp3) is 0.208. The molecule has 0 amide bonds. The number of hydrogen-bond acceptors (Lipinski definition) is 3. The van der Waals surface area contributed by atoms with Gasteiger partial charge in [0.1, 0.15) is 5.82 Å². The van der Waals surface area contributed by atoms with Gasteiger partial charge in [-0.3, -0.25) is 0 Å². The monoisotopic (exact) mass is 491 g/mol. The van der Waals surface area contributed by atoms with E-state index in [-0.39, 0.29) is 16.4 Å². The molecule has 1 aromatic heterocycles. The zero-order valence-electron chi connectivity index (χ0n) is 18.6. The third-order valence-electron chi connectivity index (χ3n) is 5.69. The molecule has 0 aliphatic heterocycles. The summed E-state index contributed by atoms with van der Waals surface area (Å²) >= 11 is 0. The van der Waals surface area contributed by atoms with Gasteiger partial charge in [-0.05, 0) is 66.9 Å². The Labute approximate surface area is 194 Å². The number of nitrogens with zero attached hydrogens (tertiary/aromatic N) is 3. The molecule has 10 heteroatoms. The molecular weight excluding hydrogens is 470 g/mol. The zero-order valence-corrected chi connectivity index (χ0v) is 19.4. The molecular formula is C24H21F4N3O2S. The zero-order chi connectivity index (χ0) is 24.8. The molecule has 5 nitrogen and oxygen atoms in total. The van der Waals surface area contributed by atoms with Crippen LogP contribution in [0.1, 0.15) is 22.3 Å². The molecule has 4 rings (SSSR count). The summed E-state index contributed by atoms with van der Waals surface area (Å²) in [7, 11) is -2.54. The van der Waals surface area contributed by atoms with Crippen LogP contribution in [0.5, 0.6) is 0 Å². The average molecular weight is 492 g/mol. The van der Waals surface area contributed by atoms with E-state index < -0.39 is 34.1 Å². The summed E-state index contributed by atoms with van der Waals surface area (Å²) in [5.74, 6) is -1.41. The Bertz CT molecular complexity index is 1480. The SMILES string of the molecule is Cc1cc2nc(N(Cc3ccc(C(F)(F)F)c(F)c3)S(=O)(=O)c3ccccc3)n(C)c2cc1C. The van der Waals surface area contributed by atoms with Gasteiger partial charge in [0, 0.05) is 7.05 Å². The van der Waals surface area contributed by atoms with Crippen molar-refractivity contribution in [2.24, 2.45) is 7.05 Å². The van der Waals surface area contributed by atoms with Crippen molar-refractivity contribution < 1.29 is 26.0 Å². The summed E-state index contributed by atoms with van der Waals surface area (Å²) in [6.07, 6.45) is -4.86. The molecule has 0 radical (unpaired) electrons. The first-order valence-corrected chi connectivity index (χ1v) is 11.7. The van der Waals surface area contributed by atoms with Crippen molar-refractivity contribution in [2.75, 3.05) is 4.31 Å². The number of aromatic nitrogens is 2. The summed E-state index contributed by atoms with van der Waals surface area (Å²) in [6.45, 7) is 3.42. The third kappa shape index (κ3) is 4.25. The summed E-state index contributed by atoms with van der Waals surface area (Å²) in [5, 5.41) is 0. The minimum absolute atomic E-state index is 0.0261. The number of imidazole rings is 1. The van der Waals surface area contributed by atoms with E-state index in [1.54, 1.807) is 29.8 Å². The molecule has 4 aromatic rings. The van der Waals surface area contributed by atoms with Crippen molar-refractivity contribution in [3.05, 3.63) is 88.7 Å². The number of aryl methyl sites for hydroxylation is 3. The molecule has 0 spiro atoms. The first kappa shape index (κ1) is 23.7. The summed E-state index contributed by atoms with van der Waals surface area (Å²) in [4.78, 5) is 4.49. The lowest BCUT2D eigenvalue weighted by Crippen LogP contribution is -2.32. The molecule has 0 aliphatic carbocycles. The summed E-state index contributed by atoms with van der Waals surface area (Å²) in [5.41, 5.74) is 1.84. The standard InChI is InChI=1S/C24H21F4N3O2S/c1-15-11-21-22(12-16(15)2)30(3)23(29-21)31(34(32,33)18-7-5-4-6-8-18)14-17-9-10-19(20(25)13-17)24(26,27)28/h4-13H,14H2,1-3H3. The number of sulfonamides is 1. The summed E-state index contributed by atoms with van der Waals surface area (Å²) < 4.78 is 83.0. The maximum atomic E-state index is 14.2. The number of alkyl halides is 3. The molecule has 0 N–H and O–H groups in total. The highest BCUT2D eigenvalue weighted by Crippen LogP contribution is 2.33.